The third kappa shape index (κ3) is 2.44. The first kappa shape index (κ1) is 15.9. The molecular formula is C18H19ClN6. The van der Waals surface area contributed by atoms with Gasteiger partial charge in [0.25, 0.3) is 0 Å². The Morgan fingerprint density at radius 2 is 1.96 bits per heavy atom. The van der Waals surface area contributed by atoms with E-state index in [1.165, 1.54) is 0 Å². The van der Waals surface area contributed by atoms with E-state index in [9.17, 15) is 0 Å². The molecule has 3 heterocycles. The van der Waals surface area contributed by atoms with Gasteiger partial charge in [-0.15, -0.1) is 0 Å². The molecular weight excluding hydrogens is 336 g/mol. The molecule has 0 saturated carbocycles. The smallest absolute Gasteiger partial charge is 0.161 e. The standard InChI is InChI=1S/C18H19ClN6/c1-11-13(10-23(3)21-11)12(2)25-9-8-20-18(25)17-16-14(19)6-5-7-15(16)24(4)22-17/h5-10,12H,1-4H3/t12-/m1/s1. The molecule has 7 heteroatoms. The summed E-state index contributed by atoms with van der Waals surface area (Å²) in [5.74, 6) is 0.800. The monoisotopic (exact) mass is 354 g/mol. The van der Waals surface area contributed by atoms with E-state index in [2.05, 4.69) is 26.7 Å². The van der Waals surface area contributed by atoms with E-state index >= 15 is 0 Å². The largest absolute Gasteiger partial charge is 0.322 e. The van der Waals surface area contributed by atoms with Crippen LogP contribution in [0.4, 0.5) is 0 Å². The van der Waals surface area contributed by atoms with Crippen LogP contribution in [0.15, 0.2) is 36.8 Å². The zero-order valence-corrected chi connectivity index (χ0v) is 15.4. The van der Waals surface area contributed by atoms with Crippen LogP contribution >= 0.6 is 11.6 Å². The third-order valence-corrected chi connectivity index (χ3v) is 4.94. The molecule has 6 nitrogen and oxygen atoms in total. The summed E-state index contributed by atoms with van der Waals surface area (Å²) in [5, 5.41) is 10.7. The molecule has 4 rings (SSSR count). The highest BCUT2D eigenvalue weighted by molar-refractivity contribution is 6.36. The normalized spacial score (nSPS) is 12.8. The molecule has 0 fully saturated rings. The highest BCUT2D eigenvalue weighted by atomic mass is 35.5. The summed E-state index contributed by atoms with van der Waals surface area (Å²) in [4.78, 5) is 4.58. The van der Waals surface area contributed by atoms with Crippen molar-refractivity contribution in [1.29, 1.82) is 0 Å². The summed E-state index contributed by atoms with van der Waals surface area (Å²) in [6, 6.07) is 5.92. The van der Waals surface area contributed by atoms with Gasteiger partial charge < -0.3 is 4.57 Å². The van der Waals surface area contributed by atoms with Gasteiger partial charge in [0.15, 0.2) is 5.82 Å². The van der Waals surface area contributed by atoms with Crippen molar-refractivity contribution in [2.45, 2.75) is 19.9 Å². The summed E-state index contributed by atoms with van der Waals surface area (Å²) < 4.78 is 5.80. The Bertz CT molecular complexity index is 1070. The zero-order chi connectivity index (χ0) is 17.7. The number of halogens is 1. The first-order chi connectivity index (χ1) is 12.0. The van der Waals surface area contributed by atoms with E-state index in [1.54, 1.807) is 6.20 Å². The minimum Gasteiger partial charge on any atom is -0.322 e. The maximum absolute atomic E-state index is 6.47. The van der Waals surface area contributed by atoms with Gasteiger partial charge in [-0.05, 0) is 26.0 Å². The number of fused-ring (bicyclic) bond motifs is 1. The lowest BCUT2D eigenvalue weighted by atomic mass is 10.1. The number of aryl methyl sites for hydroxylation is 3. The average molecular weight is 355 g/mol. The first-order valence-corrected chi connectivity index (χ1v) is 8.49. The molecule has 0 unspecified atom stereocenters. The molecule has 128 valence electrons. The Hall–Kier alpha value is -2.60. The van der Waals surface area contributed by atoms with Crippen LogP contribution in [0.5, 0.6) is 0 Å². The number of rotatable bonds is 3. The SMILES string of the molecule is Cc1nn(C)cc1[C@@H](C)n1ccnc1-c1nn(C)c2cccc(Cl)c12. The fourth-order valence-corrected chi connectivity index (χ4v) is 3.67. The van der Waals surface area contributed by atoms with Crippen LogP contribution in [0.1, 0.15) is 24.2 Å². The van der Waals surface area contributed by atoms with Crippen molar-refractivity contribution in [1.82, 2.24) is 29.1 Å². The lowest BCUT2D eigenvalue weighted by Gasteiger charge is -2.15. The molecule has 4 aromatic rings. The Morgan fingerprint density at radius 3 is 2.68 bits per heavy atom. The maximum atomic E-state index is 6.47. The Balaban J connectivity index is 1.90. The van der Waals surface area contributed by atoms with E-state index in [0.717, 1.165) is 33.7 Å². The predicted molar refractivity (Wildman–Crippen MR) is 98.7 cm³/mol. The van der Waals surface area contributed by atoms with Crippen molar-refractivity contribution in [2.75, 3.05) is 0 Å². The fraction of sp³-hybridized carbons (Fsp3) is 0.278. The first-order valence-electron chi connectivity index (χ1n) is 8.12. The average Bonchev–Trinajstić information content (AvgIpc) is 3.25. The van der Waals surface area contributed by atoms with Gasteiger partial charge in [-0.3, -0.25) is 9.36 Å². The van der Waals surface area contributed by atoms with Crippen LogP contribution < -0.4 is 0 Å². The molecule has 0 spiro atoms. The Morgan fingerprint density at radius 1 is 1.16 bits per heavy atom. The highest BCUT2D eigenvalue weighted by Crippen LogP contribution is 2.34. The molecule has 0 saturated heterocycles. The molecule has 0 N–H and O–H groups in total. The molecule has 0 radical (unpaired) electrons. The molecule has 0 aliphatic carbocycles. The lowest BCUT2D eigenvalue weighted by molar-refractivity contribution is 0.639. The van der Waals surface area contributed by atoms with Gasteiger partial charge in [0.2, 0.25) is 0 Å². The zero-order valence-electron chi connectivity index (χ0n) is 14.6. The van der Waals surface area contributed by atoms with Crippen LogP contribution in [0, 0.1) is 6.92 Å². The van der Waals surface area contributed by atoms with Gasteiger partial charge >= 0.3 is 0 Å². The number of benzene rings is 1. The molecule has 0 bridgehead atoms. The second-order valence-electron chi connectivity index (χ2n) is 6.28. The summed E-state index contributed by atoms with van der Waals surface area (Å²) in [6.45, 7) is 4.16. The van der Waals surface area contributed by atoms with Gasteiger partial charge in [-0.1, -0.05) is 17.7 Å². The molecule has 0 aliphatic rings. The second kappa shape index (κ2) is 5.74. The molecule has 25 heavy (non-hydrogen) atoms. The predicted octanol–water partition coefficient (Wildman–Crippen LogP) is 3.74. The summed E-state index contributed by atoms with van der Waals surface area (Å²) in [6.07, 6.45) is 5.83. The summed E-state index contributed by atoms with van der Waals surface area (Å²) in [5.41, 5.74) is 3.95. The van der Waals surface area contributed by atoms with Crippen LogP contribution in [0.25, 0.3) is 22.4 Å². The summed E-state index contributed by atoms with van der Waals surface area (Å²) >= 11 is 6.47. The number of hydrogen-bond acceptors (Lipinski definition) is 3. The van der Waals surface area contributed by atoms with E-state index in [1.807, 2.05) is 61.0 Å². The summed E-state index contributed by atoms with van der Waals surface area (Å²) in [7, 11) is 3.86. The number of hydrogen-bond donors (Lipinski definition) is 0. The topological polar surface area (TPSA) is 53.5 Å². The Labute approximate surface area is 150 Å². The van der Waals surface area contributed by atoms with E-state index in [0.29, 0.717) is 5.02 Å². The van der Waals surface area contributed by atoms with E-state index in [4.69, 9.17) is 11.6 Å². The van der Waals surface area contributed by atoms with Crippen molar-refractivity contribution in [3.63, 3.8) is 0 Å². The number of aromatic nitrogens is 6. The van der Waals surface area contributed by atoms with Crippen LogP contribution in [0.2, 0.25) is 5.02 Å². The van der Waals surface area contributed by atoms with Crippen LogP contribution in [0.3, 0.4) is 0 Å². The van der Waals surface area contributed by atoms with Gasteiger partial charge in [0, 0.05) is 43.6 Å². The molecule has 1 aromatic carbocycles. The maximum Gasteiger partial charge on any atom is 0.161 e. The van der Waals surface area contributed by atoms with Crippen molar-refractivity contribution in [3.05, 3.63) is 53.1 Å². The minimum atomic E-state index is 0.0887. The van der Waals surface area contributed by atoms with Gasteiger partial charge in [-0.25, -0.2) is 4.98 Å². The second-order valence-corrected chi connectivity index (χ2v) is 6.69. The third-order valence-electron chi connectivity index (χ3n) is 4.63. The fourth-order valence-electron chi connectivity index (χ4n) is 3.41. The van der Waals surface area contributed by atoms with Crippen molar-refractivity contribution < 1.29 is 0 Å². The van der Waals surface area contributed by atoms with Gasteiger partial charge in [0.1, 0.15) is 5.69 Å². The van der Waals surface area contributed by atoms with Crippen molar-refractivity contribution in [3.8, 4) is 11.5 Å². The highest BCUT2D eigenvalue weighted by Gasteiger charge is 2.22. The molecule has 0 aliphatic heterocycles. The van der Waals surface area contributed by atoms with Gasteiger partial charge in [0.05, 0.1) is 22.3 Å². The molecule has 1 atom stereocenters. The number of imidazole rings is 1. The van der Waals surface area contributed by atoms with Crippen molar-refractivity contribution >= 4 is 22.5 Å². The lowest BCUT2D eigenvalue weighted by Crippen LogP contribution is -2.08. The van der Waals surface area contributed by atoms with E-state index < -0.39 is 0 Å². The minimum absolute atomic E-state index is 0.0887. The molecule has 0 amide bonds. The quantitative estimate of drug-likeness (QED) is 0.563. The molecule has 3 aromatic heterocycles. The van der Waals surface area contributed by atoms with E-state index in [-0.39, 0.29) is 6.04 Å². The number of nitrogens with zero attached hydrogens (tertiary/aromatic N) is 6. The van der Waals surface area contributed by atoms with Gasteiger partial charge in [-0.2, -0.15) is 10.2 Å². The van der Waals surface area contributed by atoms with Crippen LogP contribution in [-0.4, -0.2) is 29.1 Å². The van der Waals surface area contributed by atoms with Crippen LogP contribution in [-0.2, 0) is 14.1 Å². The van der Waals surface area contributed by atoms with Crippen molar-refractivity contribution in [2.24, 2.45) is 14.1 Å². The Kier molecular flexibility index (Phi) is 3.65.